The van der Waals surface area contributed by atoms with Crippen LogP contribution in [-0.2, 0) is 4.79 Å². The van der Waals surface area contributed by atoms with Gasteiger partial charge in [-0.05, 0) is 43.9 Å². The topological polar surface area (TPSA) is 32.3 Å². The Labute approximate surface area is 117 Å². The van der Waals surface area contributed by atoms with E-state index in [4.69, 9.17) is 0 Å². The van der Waals surface area contributed by atoms with Gasteiger partial charge in [-0.25, -0.2) is 0 Å². The molecule has 108 valence electrons. The molecule has 1 N–H and O–H groups in total. The highest BCUT2D eigenvalue weighted by Gasteiger charge is 2.49. The zero-order chi connectivity index (χ0) is 13.6. The van der Waals surface area contributed by atoms with E-state index in [1.807, 2.05) is 6.92 Å². The fraction of sp³-hybridized carbons (Fsp3) is 0.938. The molecule has 0 aromatic rings. The first-order chi connectivity index (χ1) is 9.00. The van der Waals surface area contributed by atoms with Crippen LogP contribution in [0.4, 0.5) is 0 Å². The highest BCUT2D eigenvalue weighted by atomic mass is 16.2. The van der Waals surface area contributed by atoms with Gasteiger partial charge in [-0.15, -0.1) is 0 Å². The fourth-order valence-corrected chi connectivity index (χ4v) is 4.58. The Morgan fingerprint density at radius 1 is 1.16 bits per heavy atom. The van der Waals surface area contributed by atoms with Crippen LogP contribution in [-0.4, -0.2) is 29.1 Å². The summed E-state index contributed by atoms with van der Waals surface area (Å²) in [6.07, 6.45) is 9.30. The molecule has 3 aliphatic rings. The number of nitrogens with one attached hydrogen (secondary N) is 1. The second-order valence-electron chi connectivity index (χ2n) is 7.52. The summed E-state index contributed by atoms with van der Waals surface area (Å²) in [5.74, 6) is 1.03. The molecule has 3 atom stereocenters. The van der Waals surface area contributed by atoms with Crippen LogP contribution in [0.5, 0.6) is 0 Å². The molecule has 3 unspecified atom stereocenters. The van der Waals surface area contributed by atoms with Crippen molar-refractivity contribution in [1.82, 2.24) is 10.2 Å². The van der Waals surface area contributed by atoms with Crippen LogP contribution in [0, 0.1) is 11.3 Å². The van der Waals surface area contributed by atoms with Crippen molar-refractivity contribution in [2.45, 2.75) is 84.0 Å². The lowest BCUT2D eigenvalue weighted by Gasteiger charge is -2.40. The third-order valence-corrected chi connectivity index (χ3v) is 5.73. The molecule has 1 aliphatic heterocycles. The Morgan fingerprint density at radius 2 is 1.84 bits per heavy atom. The van der Waals surface area contributed by atoms with Crippen LogP contribution >= 0.6 is 0 Å². The first-order valence-electron chi connectivity index (χ1n) is 8.09. The minimum atomic E-state index is 0.0157. The van der Waals surface area contributed by atoms with Gasteiger partial charge in [0.2, 0.25) is 5.91 Å². The van der Waals surface area contributed by atoms with Gasteiger partial charge in [-0.3, -0.25) is 10.1 Å². The molecule has 0 aromatic carbocycles. The van der Waals surface area contributed by atoms with Crippen molar-refractivity contribution < 1.29 is 4.79 Å². The minimum Gasteiger partial charge on any atom is -0.322 e. The van der Waals surface area contributed by atoms with Gasteiger partial charge in [-0.2, -0.15) is 0 Å². The number of rotatable bonds is 2. The van der Waals surface area contributed by atoms with E-state index in [-0.39, 0.29) is 11.5 Å². The molecular formula is C16H28N2O. The summed E-state index contributed by atoms with van der Waals surface area (Å²) >= 11 is 0. The Balaban J connectivity index is 1.84. The summed E-state index contributed by atoms with van der Waals surface area (Å²) in [5, 5.41) is 3.59. The van der Waals surface area contributed by atoms with Gasteiger partial charge in [0.05, 0.1) is 12.2 Å². The monoisotopic (exact) mass is 264 g/mol. The van der Waals surface area contributed by atoms with Crippen LogP contribution in [0.1, 0.15) is 65.7 Å². The summed E-state index contributed by atoms with van der Waals surface area (Å²) in [4.78, 5) is 14.9. The maximum absolute atomic E-state index is 12.6. The van der Waals surface area contributed by atoms with Crippen LogP contribution < -0.4 is 5.32 Å². The normalized spacial score (nSPS) is 39.4. The molecule has 2 saturated carbocycles. The Morgan fingerprint density at radius 3 is 2.42 bits per heavy atom. The van der Waals surface area contributed by atoms with Crippen molar-refractivity contribution in [1.29, 1.82) is 0 Å². The average Bonchev–Trinajstić information content (AvgIpc) is 3.02. The predicted molar refractivity (Wildman–Crippen MR) is 76.6 cm³/mol. The van der Waals surface area contributed by atoms with Crippen LogP contribution in [0.25, 0.3) is 0 Å². The smallest absolute Gasteiger partial charge is 0.241 e. The molecule has 0 bridgehead atoms. The maximum Gasteiger partial charge on any atom is 0.241 e. The van der Waals surface area contributed by atoms with Gasteiger partial charge in [-0.1, -0.05) is 33.1 Å². The summed E-state index contributed by atoms with van der Waals surface area (Å²) in [6, 6.07) is 0.463. The molecule has 3 fully saturated rings. The van der Waals surface area contributed by atoms with E-state index in [0.29, 0.717) is 24.0 Å². The van der Waals surface area contributed by atoms with Gasteiger partial charge in [0, 0.05) is 6.04 Å². The van der Waals surface area contributed by atoms with Crippen molar-refractivity contribution in [3.05, 3.63) is 0 Å². The van der Waals surface area contributed by atoms with E-state index in [0.717, 1.165) is 0 Å². The van der Waals surface area contributed by atoms with Crippen molar-refractivity contribution in [2.24, 2.45) is 11.3 Å². The summed E-state index contributed by atoms with van der Waals surface area (Å²) in [6.45, 7) is 6.71. The molecule has 3 rings (SSSR count). The molecule has 0 radical (unpaired) electrons. The number of carbonyl (C=O) groups is 1. The van der Waals surface area contributed by atoms with Crippen LogP contribution in [0.3, 0.4) is 0 Å². The lowest BCUT2D eigenvalue weighted by atomic mass is 9.85. The highest BCUT2D eigenvalue weighted by Crippen LogP contribution is 2.44. The minimum absolute atomic E-state index is 0.0157. The van der Waals surface area contributed by atoms with Crippen molar-refractivity contribution in [3.63, 3.8) is 0 Å². The molecular weight excluding hydrogens is 236 g/mol. The van der Waals surface area contributed by atoms with Gasteiger partial charge >= 0.3 is 0 Å². The molecule has 2 aliphatic carbocycles. The van der Waals surface area contributed by atoms with E-state index in [1.54, 1.807) is 0 Å². The average molecular weight is 264 g/mol. The Bertz CT molecular complexity index is 360. The van der Waals surface area contributed by atoms with Crippen molar-refractivity contribution in [3.8, 4) is 0 Å². The molecule has 1 saturated heterocycles. The third-order valence-electron chi connectivity index (χ3n) is 5.73. The number of hydrogen-bond acceptors (Lipinski definition) is 2. The number of carbonyl (C=O) groups excluding carboxylic acids is 1. The zero-order valence-electron chi connectivity index (χ0n) is 12.6. The molecule has 1 heterocycles. The van der Waals surface area contributed by atoms with E-state index in [2.05, 4.69) is 24.1 Å². The van der Waals surface area contributed by atoms with Gasteiger partial charge in [0.1, 0.15) is 0 Å². The largest absolute Gasteiger partial charge is 0.322 e. The van der Waals surface area contributed by atoms with Crippen molar-refractivity contribution >= 4 is 5.91 Å². The standard InChI is InChI=1S/C16H28N2O/c1-11-15(19)18(13-9-6-10-16(13,2)3)14(17-11)12-7-4-5-8-12/h11-14,17H,4-10H2,1-3H3. The molecule has 0 aromatic heterocycles. The second kappa shape index (κ2) is 4.76. The van der Waals surface area contributed by atoms with E-state index >= 15 is 0 Å². The van der Waals surface area contributed by atoms with E-state index < -0.39 is 0 Å². The second-order valence-corrected chi connectivity index (χ2v) is 7.52. The molecule has 3 heteroatoms. The molecule has 3 nitrogen and oxygen atoms in total. The van der Waals surface area contributed by atoms with E-state index in [1.165, 1.54) is 44.9 Å². The van der Waals surface area contributed by atoms with Crippen LogP contribution in [0.15, 0.2) is 0 Å². The molecule has 1 amide bonds. The van der Waals surface area contributed by atoms with Gasteiger partial charge < -0.3 is 4.90 Å². The van der Waals surface area contributed by atoms with Crippen molar-refractivity contribution in [2.75, 3.05) is 0 Å². The SMILES string of the molecule is CC1NC(C2CCCC2)N(C2CCCC2(C)C)C1=O. The lowest BCUT2D eigenvalue weighted by Crippen LogP contribution is -2.51. The van der Waals surface area contributed by atoms with Gasteiger partial charge in [0.15, 0.2) is 0 Å². The Hall–Kier alpha value is -0.570. The molecule has 19 heavy (non-hydrogen) atoms. The maximum atomic E-state index is 12.6. The zero-order valence-corrected chi connectivity index (χ0v) is 12.6. The predicted octanol–water partition coefficient (Wildman–Crippen LogP) is 2.90. The lowest BCUT2D eigenvalue weighted by molar-refractivity contribution is -0.134. The summed E-state index contributed by atoms with van der Waals surface area (Å²) in [5.41, 5.74) is 0.290. The van der Waals surface area contributed by atoms with E-state index in [9.17, 15) is 4.79 Å². The highest BCUT2D eigenvalue weighted by molar-refractivity contribution is 5.84. The number of hydrogen-bond donors (Lipinski definition) is 1. The van der Waals surface area contributed by atoms with Gasteiger partial charge in [0.25, 0.3) is 0 Å². The summed E-state index contributed by atoms with van der Waals surface area (Å²) < 4.78 is 0. The first kappa shape index (κ1) is 13.4. The number of nitrogens with zero attached hydrogens (tertiary/aromatic N) is 1. The number of amides is 1. The van der Waals surface area contributed by atoms with Crippen LogP contribution in [0.2, 0.25) is 0 Å². The third kappa shape index (κ3) is 2.20. The Kier molecular flexibility index (Phi) is 3.36. The molecule has 0 spiro atoms. The quantitative estimate of drug-likeness (QED) is 0.831. The fourth-order valence-electron chi connectivity index (χ4n) is 4.58. The summed E-state index contributed by atoms with van der Waals surface area (Å²) in [7, 11) is 0. The first-order valence-corrected chi connectivity index (χ1v) is 8.09.